The van der Waals surface area contributed by atoms with E-state index in [0.29, 0.717) is 19.3 Å². The van der Waals surface area contributed by atoms with Crippen LogP contribution >= 0.6 is 11.6 Å². The third-order valence-electron chi connectivity index (χ3n) is 9.59. The number of hydrogen-bond acceptors (Lipinski definition) is 7. The van der Waals surface area contributed by atoms with E-state index in [4.69, 9.17) is 25.8 Å². The van der Waals surface area contributed by atoms with Crippen molar-refractivity contribution in [1.29, 1.82) is 0 Å². The molecule has 0 aromatic heterocycles. The summed E-state index contributed by atoms with van der Waals surface area (Å²) in [6.45, 7) is 8.16. The Kier molecular flexibility index (Phi) is 5.07. The molecule has 184 valence electrons. The Bertz CT molecular complexity index is 1060. The molecule has 0 bridgehead atoms. The molecule has 0 aromatic carbocycles. The average Bonchev–Trinajstić information content (AvgIpc) is 3.42. The van der Waals surface area contributed by atoms with Gasteiger partial charge in [0.05, 0.1) is 11.5 Å². The fourth-order valence-corrected chi connectivity index (χ4v) is 8.81. The molecule has 5 rings (SSSR count). The van der Waals surface area contributed by atoms with Crippen LogP contribution < -0.4 is 0 Å². The van der Waals surface area contributed by atoms with Gasteiger partial charge >= 0.3 is 11.9 Å². The Morgan fingerprint density at radius 2 is 1.85 bits per heavy atom. The van der Waals surface area contributed by atoms with Crippen molar-refractivity contribution in [3.63, 3.8) is 0 Å². The summed E-state index contributed by atoms with van der Waals surface area (Å²) in [5, 5.41) is -0.336. The smallest absolute Gasteiger partial charge is 0.303 e. The number of hydrogen-bond donors (Lipinski definition) is 0. The summed E-state index contributed by atoms with van der Waals surface area (Å²) < 4.78 is 17.6. The molecule has 34 heavy (non-hydrogen) atoms. The first kappa shape index (κ1) is 23.7. The van der Waals surface area contributed by atoms with Crippen molar-refractivity contribution in [3.8, 4) is 0 Å². The minimum atomic E-state index is -1.42. The molecule has 4 fully saturated rings. The van der Waals surface area contributed by atoms with E-state index in [0.717, 1.165) is 5.57 Å². The van der Waals surface area contributed by atoms with Crippen LogP contribution in [0.15, 0.2) is 23.8 Å². The van der Waals surface area contributed by atoms with Crippen molar-refractivity contribution >= 4 is 35.1 Å². The summed E-state index contributed by atoms with van der Waals surface area (Å²) in [4.78, 5) is 49.6. The fourth-order valence-electron chi connectivity index (χ4n) is 8.33. The molecule has 0 radical (unpaired) electrons. The normalized spacial score (nSPS) is 48.0. The summed E-state index contributed by atoms with van der Waals surface area (Å²) in [6, 6.07) is 0. The van der Waals surface area contributed by atoms with Crippen LogP contribution in [0.1, 0.15) is 53.9 Å². The Labute approximate surface area is 204 Å². The van der Waals surface area contributed by atoms with Crippen molar-refractivity contribution in [2.24, 2.45) is 28.6 Å². The predicted molar refractivity (Wildman–Crippen MR) is 122 cm³/mol. The number of carbonyl (C=O) groups is 4. The number of epoxide rings is 1. The molecule has 0 aromatic rings. The van der Waals surface area contributed by atoms with Gasteiger partial charge in [0.1, 0.15) is 5.60 Å². The van der Waals surface area contributed by atoms with Gasteiger partial charge in [0.25, 0.3) is 0 Å². The fraction of sp³-hybridized carbons (Fsp3) is 0.692. The lowest BCUT2D eigenvalue weighted by Gasteiger charge is -2.57. The zero-order valence-corrected chi connectivity index (χ0v) is 20.9. The number of ether oxygens (including phenoxy) is 3. The molecule has 8 heteroatoms. The number of Topliss-reactive ketones (excluding diaryl/α,β-unsaturated/α-hetero) is 1. The SMILES string of the molecule is CC(=O)OCC(=O)[C@@]1(OC(C)=O)C(C)C[C@H]2[C@@H]3CC(Cl)C4=CC(=O)C=C[C@]4(C)[C@]34OC4C[C@@]21C. The highest BCUT2D eigenvalue weighted by Crippen LogP contribution is 2.77. The standard InChI is InChI=1S/C26H31ClO7/c1-13-8-17-18-10-20(27)19-9-16(30)6-7-23(19,4)26(18)22(34-26)11-24(17,5)25(13,33-15(3)29)21(31)12-32-14(2)28/h6-7,9,13,17-18,20,22H,8,10-12H2,1-5H3/t13?,17-,18-,20?,22?,23-,24-,25-,26-/m0/s1. The van der Waals surface area contributed by atoms with Gasteiger partial charge in [-0.15, -0.1) is 11.6 Å². The highest BCUT2D eigenvalue weighted by molar-refractivity contribution is 6.23. The molecule has 1 spiro atoms. The monoisotopic (exact) mass is 490 g/mol. The zero-order chi connectivity index (χ0) is 24.8. The van der Waals surface area contributed by atoms with Crippen molar-refractivity contribution in [2.45, 2.75) is 76.6 Å². The predicted octanol–water partition coefficient (Wildman–Crippen LogP) is 3.32. The molecule has 7 nitrogen and oxygen atoms in total. The van der Waals surface area contributed by atoms with Crippen LogP contribution in [0, 0.1) is 28.6 Å². The number of alkyl halides is 1. The Balaban J connectivity index is 1.59. The highest BCUT2D eigenvalue weighted by Gasteiger charge is 2.83. The number of allylic oxidation sites excluding steroid dienone is 2. The second-order valence-electron chi connectivity index (χ2n) is 11.1. The minimum Gasteiger partial charge on any atom is -0.458 e. The number of carbonyl (C=O) groups excluding carboxylic acids is 4. The van der Waals surface area contributed by atoms with E-state index in [1.165, 1.54) is 13.8 Å². The first-order valence-corrected chi connectivity index (χ1v) is 12.4. The summed E-state index contributed by atoms with van der Waals surface area (Å²) in [7, 11) is 0. The number of fused-ring (bicyclic) bond motifs is 3. The molecule has 5 aliphatic rings. The van der Waals surface area contributed by atoms with Gasteiger partial charge in [0.15, 0.2) is 18.0 Å². The second-order valence-corrected chi connectivity index (χ2v) is 11.7. The van der Waals surface area contributed by atoms with Gasteiger partial charge in [0.2, 0.25) is 5.78 Å². The van der Waals surface area contributed by atoms with Crippen molar-refractivity contribution in [2.75, 3.05) is 6.61 Å². The molecule has 3 unspecified atom stereocenters. The van der Waals surface area contributed by atoms with Crippen LogP contribution in [-0.2, 0) is 33.4 Å². The molecule has 1 aliphatic heterocycles. The van der Waals surface area contributed by atoms with Gasteiger partial charge in [0, 0.05) is 30.6 Å². The molecular formula is C26H31ClO7. The summed E-state index contributed by atoms with van der Waals surface area (Å²) in [5.74, 6) is -1.82. The molecule has 9 atom stereocenters. The van der Waals surface area contributed by atoms with Crippen LogP contribution in [0.2, 0.25) is 0 Å². The third kappa shape index (κ3) is 2.74. The molecular weight excluding hydrogens is 460 g/mol. The number of halogens is 1. The van der Waals surface area contributed by atoms with Gasteiger partial charge in [-0.05, 0) is 55.7 Å². The van der Waals surface area contributed by atoms with Crippen LogP contribution in [0.25, 0.3) is 0 Å². The highest BCUT2D eigenvalue weighted by atomic mass is 35.5. The van der Waals surface area contributed by atoms with E-state index in [2.05, 4.69) is 6.92 Å². The maximum atomic E-state index is 13.7. The van der Waals surface area contributed by atoms with Crippen LogP contribution in [0.5, 0.6) is 0 Å². The summed E-state index contributed by atoms with van der Waals surface area (Å²) in [5.41, 5.74) is -2.26. The Hall–Kier alpha value is -1.99. The second kappa shape index (κ2) is 7.26. The maximum Gasteiger partial charge on any atom is 0.303 e. The lowest BCUT2D eigenvalue weighted by molar-refractivity contribution is -0.193. The van der Waals surface area contributed by atoms with E-state index in [9.17, 15) is 19.2 Å². The minimum absolute atomic E-state index is 0.00692. The van der Waals surface area contributed by atoms with Crippen LogP contribution in [0.3, 0.4) is 0 Å². The van der Waals surface area contributed by atoms with Gasteiger partial charge in [-0.2, -0.15) is 0 Å². The van der Waals surface area contributed by atoms with E-state index >= 15 is 0 Å². The summed E-state index contributed by atoms with van der Waals surface area (Å²) >= 11 is 6.90. The van der Waals surface area contributed by atoms with E-state index < -0.39 is 46.4 Å². The van der Waals surface area contributed by atoms with Gasteiger partial charge in [-0.3, -0.25) is 19.2 Å². The molecule has 0 N–H and O–H groups in total. The summed E-state index contributed by atoms with van der Waals surface area (Å²) in [6.07, 6.45) is 6.81. The van der Waals surface area contributed by atoms with E-state index in [1.807, 2.05) is 19.9 Å². The van der Waals surface area contributed by atoms with Crippen molar-refractivity contribution in [3.05, 3.63) is 23.8 Å². The Morgan fingerprint density at radius 3 is 2.50 bits per heavy atom. The quantitative estimate of drug-likeness (QED) is 0.338. The lowest BCUT2D eigenvalue weighted by atomic mass is 9.46. The first-order chi connectivity index (χ1) is 15.8. The van der Waals surface area contributed by atoms with Crippen molar-refractivity contribution < 1.29 is 33.4 Å². The maximum absolute atomic E-state index is 13.7. The molecule has 3 saturated carbocycles. The number of ketones is 2. The zero-order valence-electron chi connectivity index (χ0n) is 20.2. The molecule has 0 amide bonds. The molecule has 1 saturated heterocycles. The van der Waals surface area contributed by atoms with Gasteiger partial charge < -0.3 is 14.2 Å². The average molecular weight is 491 g/mol. The van der Waals surface area contributed by atoms with Crippen molar-refractivity contribution in [1.82, 2.24) is 0 Å². The van der Waals surface area contributed by atoms with Crippen LogP contribution in [0.4, 0.5) is 0 Å². The van der Waals surface area contributed by atoms with E-state index in [-0.39, 0.29) is 35.0 Å². The first-order valence-electron chi connectivity index (χ1n) is 12.0. The topological polar surface area (TPSA) is 99.3 Å². The molecule has 4 aliphatic carbocycles. The Morgan fingerprint density at radius 1 is 1.15 bits per heavy atom. The molecule has 1 heterocycles. The third-order valence-corrected chi connectivity index (χ3v) is 10.00. The van der Waals surface area contributed by atoms with Gasteiger partial charge in [-0.25, -0.2) is 0 Å². The largest absolute Gasteiger partial charge is 0.458 e. The lowest BCUT2D eigenvalue weighted by Crippen LogP contribution is -2.64. The number of esters is 2. The van der Waals surface area contributed by atoms with E-state index in [1.54, 1.807) is 12.2 Å². The van der Waals surface area contributed by atoms with Crippen LogP contribution in [-0.4, -0.2) is 52.8 Å². The number of rotatable bonds is 4. The van der Waals surface area contributed by atoms with Gasteiger partial charge in [-0.1, -0.05) is 19.9 Å².